The van der Waals surface area contributed by atoms with E-state index >= 15 is 0 Å². The first-order valence-corrected chi connectivity index (χ1v) is 4.52. The van der Waals surface area contributed by atoms with Crippen LogP contribution in [0.25, 0.3) is 0 Å². The van der Waals surface area contributed by atoms with Crippen molar-refractivity contribution in [3.8, 4) is 5.75 Å². The first-order valence-electron chi connectivity index (χ1n) is 3.88. The predicted octanol–water partition coefficient (Wildman–Crippen LogP) is 0.826. The second kappa shape index (κ2) is 13.4. The summed E-state index contributed by atoms with van der Waals surface area (Å²) in [5.74, 6) is 0.322. The topological polar surface area (TPSA) is 76.0 Å². The molecule has 0 fully saturated rings. The number of aliphatic hydroxyl groups is 1. The minimum atomic E-state index is -1.06. The summed E-state index contributed by atoms with van der Waals surface area (Å²) in [4.78, 5) is 0. The van der Waals surface area contributed by atoms with E-state index in [-0.39, 0.29) is 0 Å². The van der Waals surface area contributed by atoms with Gasteiger partial charge >= 0.3 is 23.7 Å². The Morgan fingerprint density at radius 1 is 1.13 bits per heavy atom. The number of hydrogen-bond donors (Lipinski definition) is 2. The first-order chi connectivity index (χ1) is 7.20. The normalized spacial score (nSPS) is 8.20. The van der Waals surface area contributed by atoms with E-state index in [1.807, 2.05) is 6.07 Å². The van der Waals surface area contributed by atoms with Crippen LogP contribution in [0, 0.1) is 0 Å². The Morgan fingerprint density at radius 3 is 1.67 bits per heavy atom. The second-order valence-corrected chi connectivity index (χ2v) is 2.11. The Balaban J connectivity index is 0. The molecule has 0 aliphatic rings. The number of methoxy groups -OCH3 is 2. The van der Waals surface area contributed by atoms with E-state index in [1.54, 1.807) is 24.3 Å². The van der Waals surface area contributed by atoms with Gasteiger partial charge in [0.25, 0.3) is 6.48 Å². The van der Waals surface area contributed by atoms with Crippen LogP contribution in [-0.2, 0) is 33.2 Å². The van der Waals surface area contributed by atoms with Crippen molar-refractivity contribution in [3.63, 3.8) is 0 Å². The Labute approximate surface area is 100 Å². The number of benzene rings is 1. The zero-order chi connectivity index (χ0) is 12.1. The van der Waals surface area contributed by atoms with Crippen molar-refractivity contribution in [2.24, 2.45) is 0 Å². The Hall–Kier alpha value is -0.586. The summed E-state index contributed by atoms with van der Waals surface area (Å²) in [5, 5.41) is 16.9. The van der Waals surface area contributed by atoms with Crippen LogP contribution in [-0.4, -0.2) is 30.9 Å². The molecule has 1 rings (SSSR count). The van der Waals surface area contributed by atoms with Crippen LogP contribution in [0.4, 0.5) is 0 Å². The van der Waals surface area contributed by atoms with Crippen molar-refractivity contribution >= 4 is 0 Å². The molecule has 1 aromatic carbocycles. The SMILES string of the molecule is COC(O)OC.Oc1ccccc1.[O]=[Ti]. The van der Waals surface area contributed by atoms with Crippen LogP contribution in [0.1, 0.15) is 0 Å². The van der Waals surface area contributed by atoms with Crippen LogP contribution in [0.15, 0.2) is 30.3 Å². The van der Waals surface area contributed by atoms with E-state index < -0.39 is 6.48 Å². The standard InChI is InChI=1S/C6H6O.C3H8O3.O.Ti/c7-6-4-2-1-3-5-6;1-5-3(4)6-2;;/h1-5,7H;3-4H,1-2H3;;. The number of aromatic hydroxyl groups is 1. The van der Waals surface area contributed by atoms with Gasteiger partial charge in [-0.2, -0.15) is 0 Å². The maximum absolute atomic E-state index is 8.63. The molecule has 0 aliphatic carbocycles. The van der Waals surface area contributed by atoms with Crippen molar-refractivity contribution in [1.29, 1.82) is 0 Å². The van der Waals surface area contributed by atoms with E-state index in [4.69, 9.17) is 13.5 Å². The molecule has 0 aliphatic heterocycles. The molecule has 15 heavy (non-hydrogen) atoms. The molecule has 0 aromatic heterocycles. The molecule has 5 nitrogen and oxygen atoms in total. The molecule has 0 saturated carbocycles. The van der Waals surface area contributed by atoms with Gasteiger partial charge in [0.1, 0.15) is 5.75 Å². The summed E-state index contributed by atoms with van der Waals surface area (Å²) in [6.45, 7) is -1.06. The summed E-state index contributed by atoms with van der Waals surface area (Å²) >= 11 is 0.750. The van der Waals surface area contributed by atoms with Gasteiger partial charge in [0.15, 0.2) is 0 Å². The number of para-hydroxylation sites is 1. The third-order valence-corrected chi connectivity index (χ3v) is 1.16. The van der Waals surface area contributed by atoms with Crippen LogP contribution in [0.3, 0.4) is 0 Å². The molecule has 0 radical (unpaired) electrons. The van der Waals surface area contributed by atoms with Gasteiger partial charge in [-0.15, -0.1) is 0 Å². The number of phenols is 1. The fourth-order valence-corrected chi connectivity index (χ4v) is 0.524. The quantitative estimate of drug-likeness (QED) is 0.600. The van der Waals surface area contributed by atoms with E-state index in [0.29, 0.717) is 5.75 Å². The molecular weight excluding hydrogens is 236 g/mol. The average molecular weight is 250 g/mol. The van der Waals surface area contributed by atoms with Crippen LogP contribution < -0.4 is 0 Å². The molecule has 0 heterocycles. The molecule has 2 N–H and O–H groups in total. The molecule has 84 valence electrons. The summed E-state index contributed by atoms with van der Waals surface area (Å²) in [5.41, 5.74) is 0. The monoisotopic (exact) mass is 250 g/mol. The fourth-order valence-electron chi connectivity index (χ4n) is 0.524. The van der Waals surface area contributed by atoms with Crippen LogP contribution >= 0.6 is 0 Å². The third kappa shape index (κ3) is 13.4. The van der Waals surface area contributed by atoms with E-state index in [2.05, 4.69) is 9.47 Å². The zero-order valence-electron chi connectivity index (χ0n) is 8.58. The predicted molar refractivity (Wildman–Crippen MR) is 48.8 cm³/mol. The molecule has 1 aromatic rings. The number of rotatable bonds is 2. The van der Waals surface area contributed by atoms with Gasteiger partial charge < -0.3 is 19.7 Å². The van der Waals surface area contributed by atoms with Gasteiger partial charge in [0.2, 0.25) is 0 Å². The third-order valence-electron chi connectivity index (χ3n) is 1.16. The molecule has 0 unspecified atom stereocenters. The minimum absolute atomic E-state index is 0.322. The molecular formula is C9H14O5Ti. The van der Waals surface area contributed by atoms with Gasteiger partial charge in [-0.3, -0.25) is 0 Å². The van der Waals surface area contributed by atoms with E-state index in [0.717, 1.165) is 20.4 Å². The van der Waals surface area contributed by atoms with Gasteiger partial charge in [-0.25, -0.2) is 0 Å². The molecule has 0 atom stereocenters. The summed E-state index contributed by atoms with van der Waals surface area (Å²) in [6, 6.07) is 8.71. The van der Waals surface area contributed by atoms with Crippen molar-refractivity contribution in [3.05, 3.63) is 30.3 Å². The fraction of sp³-hybridized carbons (Fsp3) is 0.333. The van der Waals surface area contributed by atoms with Crippen molar-refractivity contribution in [2.45, 2.75) is 6.48 Å². The first kappa shape index (κ1) is 16.8. The Morgan fingerprint density at radius 2 is 1.53 bits per heavy atom. The van der Waals surface area contributed by atoms with E-state index in [9.17, 15) is 0 Å². The van der Waals surface area contributed by atoms with E-state index in [1.165, 1.54) is 14.2 Å². The van der Waals surface area contributed by atoms with Gasteiger partial charge in [0, 0.05) is 14.2 Å². The summed E-state index contributed by atoms with van der Waals surface area (Å²) < 4.78 is 16.7. The molecule has 0 spiro atoms. The molecule has 0 saturated heterocycles. The number of aliphatic hydroxyl groups excluding tert-OH is 1. The zero-order valence-corrected chi connectivity index (χ0v) is 10.1. The average Bonchev–Trinajstić information content (AvgIpc) is 2.32. The van der Waals surface area contributed by atoms with Crippen LogP contribution in [0.2, 0.25) is 0 Å². The van der Waals surface area contributed by atoms with Crippen molar-refractivity contribution in [1.82, 2.24) is 0 Å². The molecule has 6 heteroatoms. The second-order valence-electron chi connectivity index (χ2n) is 2.11. The number of hydrogen-bond acceptors (Lipinski definition) is 5. The molecule has 0 amide bonds. The molecule has 0 bridgehead atoms. The number of phenolic OH excluding ortho intramolecular Hbond substituents is 1. The van der Waals surface area contributed by atoms with Crippen molar-refractivity contribution in [2.75, 3.05) is 14.2 Å². The van der Waals surface area contributed by atoms with Gasteiger partial charge in [-0.1, -0.05) is 18.2 Å². The number of ether oxygens (including phenoxy) is 2. The van der Waals surface area contributed by atoms with Crippen LogP contribution in [0.5, 0.6) is 5.75 Å². The summed E-state index contributed by atoms with van der Waals surface area (Å²) in [6.07, 6.45) is 0. The van der Waals surface area contributed by atoms with Gasteiger partial charge in [-0.05, 0) is 12.1 Å². The maximum atomic E-state index is 8.63. The Kier molecular flexibility index (Phi) is 15.1. The van der Waals surface area contributed by atoms with Gasteiger partial charge in [0.05, 0.1) is 0 Å². The summed E-state index contributed by atoms with van der Waals surface area (Å²) in [7, 11) is 2.71. The van der Waals surface area contributed by atoms with Crippen molar-refractivity contribution < 1.29 is 43.4 Å². The Bertz CT molecular complexity index is 215.